The van der Waals surface area contributed by atoms with Crippen LogP contribution in [0.1, 0.15) is 37.0 Å². The van der Waals surface area contributed by atoms with Crippen LogP contribution in [0.3, 0.4) is 0 Å². The van der Waals surface area contributed by atoms with E-state index in [2.05, 4.69) is 5.32 Å². The first-order valence-corrected chi connectivity index (χ1v) is 6.50. The van der Waals surface area contributed by atoms with Gasteiger partial charge in [0.05, 0.1) is 17.8 Å². The second-order valence-corrected chi connectivity index (χ2v) is 4.87. The Kier molecular flexibility index (Phi) is 4.47. The molecule has 2 unspecified atom stereocenters. The number of piperidine rings is 1. The second-order valence-electron chi connectivity index (χ2n) is 4.87. The Balaban J connectivity index is 1.97. The van der Waals surface area contributed by atoms with E-state index in [9.17, 15) is 13.2 Å². The smallest absolute Gasteiger partial charge is 0.369 e. The molecule has 19 heavy (non-hydrogen) atoms. The van der Waals surface area contributed by atoms with Gasteiger partial charge in [-0.05, 0) is 44.0 Å². The van der Waals surface area contributed by atoms with Gasteiger partial charge in [-0.25, -0.2) is 0 Å². The topological polar surface area (TPSA) is 21.3 Å². The van der Waals surface area contributed by atoms with Crippen molar-refractivity contribution in [2.45, 2.75) is 38.1 Å². The first kappa shape index (κ1) is 14.3. The van der Waals surface area contributed by atoms with Crippen LogP contribution in [-0.2, 0) is 10.9 Å². The third-order valence-electron chi connectivity index (χ3n) is 3.36. The summed E-state index contributed by atoms with van der Waals surface area (Å²) in [4.78, 5) is 0. The molecule has 0 bridgehead atoms. The summed E-state index contributed by atoms with van der Waals surface area (Å²) in [7, 11) is 0. The fourth-order valence-electron chi connectivity index (χ4n) is 2.25. The molecule has 0 aromatic heterocycles. The van der Waals surface area contributed by atoms with Crippen molar-refractivity contribution >= 4 is 0 Å². The number of hydrogen-bond donors (Lipinski definition) is 1. The minimum absolute atomic E-state index is 0.144. The van der Waals surface area contributed by atoms with E-state index in [1.807, 2.05) is 6.92 Å². The van der Waals surface area contributed by atoms with E-state index < -0.39 is 11.7 Å². The van der Waals surface area contributed by atoms with Crippen molar-refractivity contribution in [1.82, 2.24) is 5.32 Å². The number of halogens is 3. The Morgan fingerprint density at radius 3 is 2.47 bits per heavy atom. The molecule has 1 aliphatic rings. The predicted octanol–water partition coefficient (Wildman–Crippen LogP) is 3.54. The summed E-state index contributed by atoms with van der Waals surface area (Å²) in [6, 6.07) is 5.19. The molecule has 2 atom stereocenters. The standard InChI is InChI=1S/C14H18F3NO/c1-10(19-13-3-2-8-18-9-13)11-4-6-12(7-5-11)14(15,16)17/h4-7,10,13,18H,2-3,8-9H2,1H3. The molecule has 1 N–H and O–H groups in total. The maximum absolute atomic E-state index is 12.5. The lowest BCUT2D eigenvalue weighted by Crippen LogP contribution is -2.35. The van der Waals surface area contributed by atoms with Gasteiger partial charge >= 0.3 is 6.18 Å². The van der Waals surface area contributed by atoms with Crippen molar-refractivity contribution in [3.8, 4) is 0 Å². The largest absolute Gasteiger partial charge is 0.416 e. The highest BCUT2D eigenvalue weighted by molar-refractivity contribution is 5.25. The molecule has 1 saturated heterocycles. The van der Waals surface area contributed by atoms with E-state index in [0.29, 0.717) is 0 Å². The summed E-state index contributed by atoms with van der Waals surface area (Å²) >= 11 is 0. The minimum atomic E-state index is -4.28. The fourth-order valence-corrected chi connectivity index (χ4v) is 2.25. The van der Waals surface area contributed by atoms with Crippen molar-refractivity contribution in [2.75, 3.05) is 13.1 Å². The normalized spacial score (nSPS) is 22.2. The molecule has 106 valence electrons. The minimum Gasteiger partial charge on any atom is -0.369 e. The number of benzene rings is 1. The summed E-state index contributed by atoms with van der Waals surface area (Å²) in [5, 5.41) is 3.25. The Morgan fingerprint density at radius 1 is 1.26 bits per heavy atom. The van der Waals surface area contributed by atoms with Crippen LogP contribution in [0.4, 0.5) is 13.2 Å². The third-order valence-corrected chi connectivity index (χ3v) is 3.36. The van der Waals surface area contributed by atoms with Gasteiger partial charge in [0.1, 0.15) is 0 Å². The van der Waals surface area contributed by atoms with E-state index in [-0.39, 0.29) is 12.2 Å². The van der Waals surface area contributed by atoms with Gasteiger partial charge in [0.2, 0.25) is 0 Å². The molecule has 1 aromatic carbocycles. The molecule has 2 rings (SSSR count). The van der Waals surface area contributed by atoms with Crippen molar-refractivity contribution in [3.05, 3.63) is 35.4 Å². The predicted molar refractivity (Wildman–Crippen MR) is 66.8 cm³/mol. The lowest BCUT2D eigenvalue weighted by Gasteiger charge is -2.26. The van der Waals surface area contributed by atoms with Gasteiger partial charge in [0.15, 0.2) is 0 Å². The summed E-state index contributed by atoms with van der Waals surface area (Å²) in [5.41, 5.74) is 0.154. The molecule has 2 nitrogen and oxygen atoms in total. The molecule has 5 heteroatoms. The van der Waals surface area contributed by atoms with E-state index in [0.717, 1.165) is 43.6 Å². The molecule has 1 fully saturated rings. The highest BCUT2D eigenvalue weighted by atomic mass is 19.4. The molecule has 0 amide bonds. The Hall–Kier alpha value is -1.07. The number of nitrogens with one attached hydrogen (secondary N) is 1. The van der Waals surface area contributed by atoms with Crippen LogP contribution < -0.4 is 5.32 Å². The van der Waals surface area contributed by atoms with Crippen molar-refractivity contribution in [3.63, 3.8) is 0 Å². The molecule has 1 aromatic rings. The van der Waals surface area contributed by atoms with Crippen LogP contribution in [0, 0.1) is 0 Å². The summed E-state index contributed by atoms with van der Waals surface area (Å²) in [6.45, 7) is 3.69. The van der Waals surface area contributed by atoms with Crippen molar-refractivity contribution in [1.29, 1.82) is 0 Å². The zero-order valence-electron chi connectivity index (χ0n) is 10.8. The average Bonchev–Trinajstić information content (AvgIpc) is 2.39. The van der Waals surface area contributed by atoms with Crippen LogP contribution >= 0.6 is 0 Å². The molecule has 0 aliphatic carbocycles. The monoisotopic (exact) mass is 273 g/mol. The van der Waals surface area contributed by atoms with Gasteiger partial charge < -0.3 is 10.1 Å². The van der Waals surface area contributed by atoms with Crippen molar-refractivity contribution < 1.29 is 17.9 Å². The van der Waals surface area contributed by atoms with Gasteiger partial charge in [0.25, 0.3) is 0 Å². The average molecular weight is 273 g/mol. The summed E-state index contributed by atoms with van der Waals surface area (Å²) < 4.78 is 43.2. The molecule has 1 aliphatic heterocycles. The Labute approximate surface area is 111 Å². The number of hydrogen-bond acceptors (Lipinski definition) is 2. The number of alkyl halides is 3. The van der Waals surface area contributed by atoms with Crippen LogP contribution in [0.25, 0.3) is 0 Å². The van der Waals surface area contributed by atoms with Crippen molar-refractivity contribution in [2.24, 2.45) is 0 Å². The molecule has 0 spiro atoms. The number of rotatable bonds is 3. The second kappa shape index (κ2) is 5.92. The third kappa shape index (κ3) is 3.94. The maximum Gasteiger partial charge on any atom is 0.416 e. The Bertz CT molecular complexity index is 396. The van der Waals surface area contributed by atoms with Gasteiger partial charge in [0, 0.05) is 6.54 Å². The number of ether oxygens (including phenoxy) is 1. The highest BCUT2D eigenvalue weighted by Gasteiger charge is 2.30. The molecule has 1 heterocycles. The summed E-state index contributed by atoms with van der Waals surface area (Å²) in [5.74, 6) is 0. The fraction of sp³-hybridized carbons (Fsp3) is 0.571. The zero-order valence-corrected chi connectivity index (χ0v) is 10.8. The highest BCUT2D eigenvalue weighted by Crippen LogP contribution is 2.30. The van der Waals surface area contributed by atoms with E-state index in [4.69, 9.17) is 4.74 Å². The molecule has 0 saturated carbocycles. The Morgan fingerprint density at radius 2 is 1.95 bits per heavy atom. The molecular formula is C14H18F3NO. The lowest BCUT2D eigenvalue weighted by molar-refractivity contribution is -0.137. The van der Waals surface area contributed by atoms with Crippen LogP contribution in [0.2, 0.25) is 0 Å². The van der Waals surface area contributed by atoms with E-state index in [1.165, 1.54) is 12.1 Å². The zero-order chi connectivity index (χ0) is 13.9. The SMILES string of the molecule is CC(OC1CCCNC1)c1ccc(C(F)(F)F)cc1. The van der Waals surface area contributed by atoms with Crippen LogP contribution in [0.15, 0.2) is 24.3 Å². The van der Waals surface area contributed by atoms with Crippen LogP contribution in [0.5, 0.6) is 0 Å². The lowest BCUT2D eigenvalue weighted by atomic mass is 10.1. The van der Waals surface area contributed by atoms with Gasteiger partial charge in [-0.2, -0.15) is 13.2 Å². The quantitative estimate of drug-likeness (QED) is 0.909. The van der Waals surface area contributed by atoms with Gasteiger partial charge in [-0.1, -0.05) is 12.1 Å². The summed E-state index contributed by atoms with van der Waals surface area (Å²) in [6.07, 6.45) is -2.25. The van der Waals surface area contributed by atoms with Gasteiger partial charge in [-0.3, -0.25) is 0 Å². The van der Waals surface area contributed by atoms with Crippen LogP contribution in [-0.4, -0.2) is 19.2 Å². The maximum atomic E-state index is 12.5. The first-order valence-electron chi connectivity index (χ1n) is 6.50. The van der Waals surface area contributed by atoms with Gasteiger partial charge in [-0.15, -0.1) is 0 Å². The molecular weight excluding hydrogens is 255 g/mol. The molecule has 0 radical (unpaired) electrons. The van der Waals surface area contributed by atoms with E-state index in [1.54, 1.807) is 0 Å². The van der Waals surface area contributed by atoms with E-state index >= 15 is 0 Å². The first-order chi connectivity index (χ1) is 8.97.